The fourth-order valence-electron chi connectivity index (χ4n) is 9.21. The van der Waals surface area contributed by atoms with Crippen molar-refractivity contribution >= 4 is 0 Å². The van der Waals surface area contributed by atoms with Crippen LogP contribution in [-0.2, 0) is 5.41 Å². The van der Waals surface area contributed by atoms with Gasteiger partial charge in [0.15, 0.2) is 0 Å². The van der Waals surface area contributed by atoms with Gasteiger partial charge in [0.1, 0.15) is 0 Å². The third-order valence-electron chi connectivity index (χ3n) is 11.3. The lowest BCUT2D eigenvalue weighted by Gasteiger charge is -2.31. The summed E-state index contributed by atoms with van der Waals surface area (Å²) in [6.07, 6.45) is 0. The average molecular weight is 657 g/mol. The zero-order valence-corrected chi connectivity index (χ0v) is 29.1. The molecule has 2 heterocycles. The van der Waals surface area contributed by atoms with Crippen LogP contribution in [0.2, 0.25) is 0 Å². The van der Waals surface area contributed by atoms with Crippen LogP contribution < -0.4 is 0 Å². The maximum absolute atomic E-state index is 5.04. The molecule has 6 aromatic carbocycles. The van der Waals surface area contributed by atoms with Crippen LogP contribution in [0.15, 0.2) is 146 Å². The lowest BCUT2D eigenvalue weighted by atomic mass is 9.70. The van der Waals surface area contributed by atoms with Crippen molar-refractivity contribution in [1.29, 1.82) is 0 Å². The van der Waals surface area contributed by atoms with Gasteiger partial charge in [0.25, 0.3) is 0 Å². The van der Waals surface area contributed by atoms with Crippen molar-refractivity contribution < 1.29 is 0 Å². The summed E-state index contributed by atoms with van der Waals surface area (Å²) >= 11 is 0. The second kappa shape index (κ2) is 10.9. The van der Waals surface area contributed by atoms with E-state index in [0.29, 0.717) is 0 Å². The summed E-state index contributed by atoms with van der Waals surface area (Å²) in [6, 6.07) is 53.1. The summed E-state index contributed by atoms with van der Waals surface area (Å²) in [7, 11) is 0. The van der Waals surface area contributed by atoms with Crippen molar-refractivity contribution in [2.75, 3.05) is 0 Å². The summed E-state index contributed by atoms with van der Waals surface area (Å²) < 4.78 is 4.16. The smallest absolute Gasteiger partial charge is 0.0725 e. The van der Waals surface area contributed by atoms with Crippen molar-refractivity contribution in [3.05, 3.63) is 191 Å². The Bertz CT molecular complexity index is 2490. The van der Waals surface area contributed by atoms with E-state index in [-0.39, 0.29) is 0 Å². The Morgan fingerprint density at radius 3 is 1.20 bits per heavy atom. The second-order valence-electron chi connectivity index (χ2n) is 13.9. The summed E-state index contributed by atoms with van der Waals surface area (Å²) in [5, 5.41) is 10.1. The van der Waals surface area contributed by atoms with Gasteiger partial charge in [-0.3, -0.25) is 0 Å². The Hall–Kier alpha value is -6.26. The topological polar surface area (TPSA) is 35.6 Å². The maximum Gasteiger partial charge on any atom is 0.0725 e. The first-order valence-electron chi connectivity index (χ1n) is 17.7. The molecule has 0 saturated carbocycles. The van der Waals surface area contributed by atoms with E-state index in [4.69, 9.17) is 10.2 Å². The fraction of sp³-hybridized carbons (Fsp3) is 0.106. The Labute approximate surface area is 298 Å². The Morgan fingerprint density at radius 1 is 0.392 bits per heavy atom. The van der Waals surface area contributed by atoms with E-state index in [1.807, 2.05) is 12.1 Å². The molecule has 1 spiro atoms. The molecule has 0 bridgehead atoms. The minimum atomic E-state index is -0.474. The van der Waals surface area contributed by atoms with Gasteiger partial charge >= 0.3 is 0 Å². The zero-order chi connectivity index (χ0) is 34.4. The fourth-order valence-corrected chi connectivity index (χ4v) is 9.21. The van der Waals surface area contributed by atoms with Gasteiger partial charge in [-0.1, -0.05) is 109 Å². The normalized spacial score (nSPS) is 13.3. The standard InChI is InChI=1S/C47H36N4/c1-29-45(31(3)50(48-29)35-15-7-5-8-16-35)33-23-25-39-40-26-24-34(46-30(2)49-51(32(46)4)36-17-9-6-10-18-36)28-44(40)47(43(39)27-33)41-21-13-11-19-37(41)38-20-12-14-22-42(38)47/h5-28H,1-4H3. The van der Waals surface area contributed by atoms with Gasteiger partial charge in [-0.05, 0) is 120 Å². The lowest BCUT2D eigenvalue weighted by molar-refractivity contribution is 0.794. The first-order valence-corrected chi connectivity index (χ1v) is 17.7. The van der Waals surface area contributed by atoms with Gasteiger partial charge in [-0.2, -0.15) is 10.2 Å². The summed E-state index contributed by atoms with van der Waals surface area (Å²) in [4.78, 5) is 0. The largest absolute Gasteiger partial charge is 0.237 e. The van der Waals surface area contributed by atoms with Gasteiger partial charge < -0.3 is 0 Å². The highest BCUT2D eigenvalue weighted by molar-refractivity contribution is 5.97. The molecule has 4 nitrogen and oxygen atoms in total. The first kappa shape index (κ1) is 29.6. The first-order chi connectivity index (χ1) is 25.0. The third-order valence-corrected chi connectivity index (χ3v) is 11.3. The molecule has 2 aliphatic rings. The summed E-state index contributed by atoms with van der Waals surface area (Å²) in [5.41, 5.74) is 21.2. The van der Waals surface area contributed by atoms with E-state index in [1.54, 1.807) is 0 Å². The molecule has 10 rings (SSSR count). The van der Waals surface area contributed by atoms with E-state index in [9.17, 15) is 0 Å². The number of hydrogen-bond donors (Lipinski definition) is 0. The quantitative estimate of drug-likeness (QED) is 0.189. The molecular weight excluding hydrogens is 621 g/mol. The second-order valence-corrected chi connectivity index (χ2v) is 13.9. The van der Waals surface area contributed by atoms with Crippen LogP contribution >= 0.6 is 0 Å². The van der Waals surface area contributed by atoms with Crippen molar-refractivity contribution in [2.45, 2.75) is 33.1 Å². The van der Waals surface area contributed by atoms with Gasteiger partial charge in [0, 0.05) is 22.5 Å². The number of aromatic nitrogens is 4. The molecule has 2 aliphatic carbocycles. The molecule has 0 amide bonds. The molecule has 0 radical (unpaired) electrons. The minimum Gasteiger partial charge on any atom is -0.237 e. The molecule has 51 heavy (non-hydrogen) atoms. The van der Waals surface area contributed by atoms with Crippen LogP contribution in [0.5, 0.6) is 0 Å². The van der Waals surface area contributed by atoms with Crippen LogP contribution in [0.25, 0.3) is 55.9 Å². The highest BCUT2D eigenvalue weighted by Gasteiger charge is 2.52. The monoisotopic (exact) mass is 656 g/mol. The molecule has 0 unspecified atom stereocenters. The minimum absolute atomic E-state index is 0.474. The summed E-state index contributed by atoms with van der Waals surface area (Å²) in [5.74, 6) is 0. The summed E-state index contributed by atoms with van der Waals surface area (Å²) in [6.45, 7) is 8.64. The van der Waals surface area contributed by atoms with E-state index < -0.39 is 5.41 Å². The predicted molar refractivity (Wildman–Crippen MR) is 207 cm³/mol. The molecule has 8 aromatic rings. The van der Waals surface area contributed by atoms with Crippen molar-refractivity contribution in [2.24, 2.45) is 0 Å². The highest BCUT2D eigenvalue weighted by atomic mass is 15.3. The van der Waals surface area contributed by atoms with Crippen molar-refractivity contribution in [3.63, 3.8) is 0 Å². The van der Waals surface area contributed by atoms with E-state index in [0.717, 1.165) is 34.2 Å². The molecule has 4 heteroatoms. The van der Waals surface area contributed by atoms with Gasteiger partial charge in [-0.25, -0.2) is 9.36 Å². The number of benzene rings is 6. The van der Waals surface area contributed by atoms with Crippen LogP contribution in [0.4, 0.5) is 0 Å². The molecule has 2 aromatic heterocycles. The van der Waals surface area contributed by atoms with E-state index in [2.05, 4.69) is 171 Å². The van der Waals surface area contributed by atoms with Gasteiger partial charge in [-0.15, -0.1) is 0 Å². The average Bonchev–Trinajstić information content (AvgIpc) is 3.85. The van der Waals surface area contributed by atoms with Gasteiger partial charge in [0.2, 0.25) is 0 Å². The SMILES string of the molecule is Cc1nn(-c2ccccc2)c(C)c1-c1ccc2c(c1)C1(c3ccccc3-c3ccccc31)c1cc(-c3c(C)nn(-c4ccccc4)c3C)ccc1-2. The molecule has 0 atom stereocenters. The van der Waals surface area contributed by atoms with Crippen LogP contribution in [-0.4, -0.2) is 19.6 Å². The third kappa shape index (κ3) is 4.02. The molecular formula is C47H36N4. The molecule has 0 saturated heterocycles. The van der Waals surface area contributed by atoms with Crippen molar-refractivity contribution in [3.8, 4) is 55.9 Å². The Kier molecular flexibility index (Phi) is 6.32. The number of para-hydroxylation sites is 2. The maximum atomic E-state index is 5.04. The van der Waals surface area contributed by atoms with Crippen molar-refractivity contribution in [1.82, 2.24) is 19.6 Å². The highest BCUT2D eigenvalue weighted by Crippen LogP contribution is 2.63. The van der Waals surface area contributed by atoms with Crippen LogP contribution in [0.3, 0.4) is 0 Å². The lowest BCUT2D eigenvalue weighted by Crippen LogP contribution is -2.26. The number of nitrogens with zero attached hydrogens (tertiary/aromatic N) is 4. The predicted octanol–water partition coefficient (Wildman–Crippen LogP) is 11.0. The molecule has 0 N–H and O–H groups in total. The van der Waals surface area contributed by atoms with E-state index in [1.165, 1.54) is 66.8 Å². The Morgan fingerprint density at radius 2 is 0.765 bits per heavy atom. The molecule has 0 aliphatic heterocycles. The molecule has 244 valence electrons. The molecule has 0 fully saturated rings. The number of fused-ring (bicyclic) bond motifs is 10. The number of hydrogen-bond acceptors (Lipinski definition) is 2. The van der Waals surface area contributed by atoms with Crippen LogP contribution in [0.1, 0.15) is 45.0 Å². The number of aryl methyl sites for hydroxylation is 2. The van der Waals surface area contributed by atoms with Crippen LogP contribution in [0, 0.1) is 27.7 Å². The Balaban J connectivity index is 1.23. The number of rotatable bonds is 4. The van der Waals surface area contributed by atoms with E-state index >= 15 is 0 Å². The zero-order valence-electron chi connectivity index (χ0n) is 29.1. The van der Waals surface area contributed by atoms with Gasteiger partial charge in [0.05, 0.1) is 28.2 Å².